The van der Waals surface area contributed by atoms with Crippen LogP contribution in [-0.4, -0.2) is 30.0 Å². The summed E-state index contributed by atoms with van der Waals surface area (Å²) in [6.45, 7) is 9.45. The van der Waals surface area contributed by atoms with Crippen molar-refractivity contribution >= 4 is 7.12 Å². The number of fused-ring (bicyclic) bond motifs is 6. The van der Waals surface area contributed by atoms with Gasteiger partial charge in [-0.15, -0.1) is 0 Å². The lowest BCUT2D eigenvalue weighted by molar-refractivity contribution is -0.155. The molecule has 1 aliphatic heterocycles. The molecule has 4 heteroatoms. The summed E-state index contributed by atoms with van der Waals surface area (Å²) >= 11 is 0. The van der Waals surface area contributed by atoms with Gasteiger partial charge in [0.1, 0.15) is 0 Å². The van der Waals surface area contributed by atoms with E-state index >= 15 is 0 Å². The Morgan fingerprint density at radius 1 is 0.962 bits per heavy atom. The van der Waals surface area contributed by atoms with Gasteiger partial charge in [-0.2, -0.15) is 0 Å². The van der Waals surface area contributed by atoms with E-state index in [1.165, 1.54) is 44.9 Å². The number of hydrogen-bond donors (Lipinski definition) is 1. The van der Waals surface area contributed by atoms with Crippen LogP contribution < -0.4 is 0 Å². The van der Waals surface area contributed by atoms with Crippen molar-refractivity contribution in [2.45, 2.75) is 103 Å². The predicted octanol–water partition coefficient (Wildman–Crippen LogP) is 4.68. The molecule has 0 aromatic heterocycles. The second-order valence-electron chi connectivity index (χ2n) is 10.9. The second kappa shape index (κ2) is 5.73. The van der Waals surface area contributed by atoms with E-state index in [1.807, 2.05) is 0 Å². The van der Waals surface area contributed by atoms with Gasteiger partial charge in [0.25, 0.3) is 0 Å². The van der Waals surface area contributed by atoms with Crippen LogP contribution in [0.3, 0.4) is 0 Å². The van der Waals surface area contributed by atoms with Gasteiger partial charge in [0, 0.05) is 5.41 Å². The SMILES string of the molecule is CB1O[C@@H](C)[C@]2(CCC3C4CC[C@H]5C[C@@H](O)CCC5(C)C4CCC32C)O1. The number of rotatable bonds is 0. The minimum Gasteiger partial charge on any atom is -0.406 e. The van der Waals surface area contributed by atoms with Gasteiger partial charge >= 0.3 is 7.12 Å². The van der Waals surface area contributed by atoms with Gasteiger partial charge in [0.15, 0.2) is 0 Å². The molecule has 5 unspecified atom stereocenters. The van der Waals surface area contributed by atoms with Gasteiger partial charge < -0.3 is 14.4 Å². The first-order chi connectivity index (χ1) is 12.3. The average Bonchev–Trinajstić information content (AvgIpc) is 3.05. The van der Waals surface area contributed by atoms with Crippen LogP contribution in [0.5, 0.6) is 0 Å². The van der Waals surface area contributed by atoms with Crippen molar-refractivity contribution in [3.8, 4) is 0 Å². The monoisotopic (exact) mass is 360 g/mol. The lowest BCUT2D eigenvalue weighted by atomic mass is 9.44. The van der Waals surface area contributed by atoms with Crippen LogP contribution in [0.15, 0.2) is 0 Å². The van der Waals surface area contributed by atoms with E-state index in [9.17, 15) is 5.11 Å². The third-order valence-corrected chi connectivity index (χ3v) is 10.2. The molecule has 0 amide bonds. The quantitative estimate of drug-likeness (QED) is 0.638. The molecular weight excluding hydrogens is 323 g/mol. The summed E-state index contributed by atoms with van der Waals surface area (Å²) in [5.41, 5.74) is 0.684. The van der Waals surface area contributed by atoms with Crippen molar-refractivity contribution in [2.75, 3.05) is 0 Å². The largest absolute Gasteiger partial charge is 0.454 e. The van der Waals surface area contributed by atoms with Gasteiger partial charge in [0.2, 0.25) is 0 Å². The fourth-order valence-corrected chi connectivity index (χ4v) is 8.95. The molecule has 1 saturated heterocycles. The molecule has 4 aliphatic carbocycles. The molecule has 5 aliphatic rings. The Morgan fingerprint density at radius 3 is 2.46 bits per heavy atom. The second-order valence-corrected chi connectivity index (χ2v) is 10.9. The maximum Gasteiger partial charge on any atom is 0.454 e. The fourth-order valence-electron chi connectivity index (χ4n) is 8.95. The Hall–Kier alpha value is -0.0551. The fraction of sp³-hybridized carbons (Fsp3) is 1.00. The van der Waals surface area contributed by atoms with Crippen LogP contribution in [0, 0.1) is 34.5 Å². The highest BCUT2D eigenvalue weighted by Gasteiger charge is 2.69. The highest BCUT2D eigenvalue weighted by molar-refractivity contribution is 6.43. The molecule has 26 heavy (non-hydrogen) atoms. The Labute approximate surface area is 159 Å². The topological polar surface area (TPSA) is 38.7 Å². The van der Waals surface area contributed by atoms with Gasteiger partial charge in [-0.05, 0) is 101 Å². The van der Waals surface area contributed by atoms with Gasteiger partial charge in [-0.3, -0.25) is 0 Å². The highest BCUT2D eigenvalue weighted by atomic mass is 16.7. The van der Waals surface area contributed by atoms with Crippen LogP contribution in [0.2, 0.25) is 6.82 Å². The highest BCUT2D eigenvalue weighted by Crippen LogP contribution is 2.70. The molecule has 0 radical (unpaired) electrons. The van der Waals surface area contributed by atoms with Crippen molar-refractivity contribution in [2.24, 2.45) is 34.5 Å². The smallest absolute Gasteiger partial charge is 0.406 e. The van der Waals surface area contributed by atoms with Crippen LogP contribution in [0.4, 0.5) is 0 Å². The predicted molar refractivity (Wildman–Crippen MR) is 104 cm³/mol. The van der Waals surface area contributed by atoms with E-state index in [2.05, 4.69) is 27.6 Å². The lowest BCUT2D eigenvalue weighted by Gasteiger charge is -2.62. The Bertz CT molecular complexity index is 584. The molecule has 0 bridgehead atoms. The third-order valence-electron chi connectivity index (χ3n) is 10.2. The van der Waals surface area contributed by atoms with Gasteiger partial charge in [-0.1, -0.05) is 13.8 Å². The maximum atomic E-state index is 10.2. The summed E-state index contributed by atoms with van der Waals surface area (Å²) < 4.78 is 12.7. The summed E-state index contributed by atoms with van der Waals surface area (Å²) in [6.07, 6.45) is 11.4. The van der Waals surface area contributed by atoms with E-state index in [1.54, 1.807) is 0 Å². The zero-order valence-electron chi connectivity index (χ0n) is 17.2. The summed E-state index contributed by atoms with van der Waals surface area (Å²) in [5, 5.41) is 10.2. The number of aliphatic hydroxyl groups is 1. The van der Waals surface area contributed by atoms with Crippen LogP contribution in [-0.2, 0) is 9.31 Å². The van der Waals surface area contributed by atoms with Crippen molar-refractivity contribution in [1.29, 1.82) is 0 Å². The molecule has 9 atom stereocenters. The van der Waals surface area contributed by atoms with Gasteiger partial charge in [-0.25, -0.2) is 0 Å². The molecule has 0 aromatic carbocycles. The Balaban J connectivity index is 1.45. The molecule has 5 fully saturated rings. The summed E-state index contributed by atoms with van der Waals surface area (Å²) in [6, 6.07) is 0. The molecule has 3 nitrogen and oxygen atoms in total. The molecule has 5 rings (SSSR count). The molecule has 146 valence electrons. The zero-order valence-corrected chi connectivity index (χ0v) is 17.2. The van der Waals surface area contributed by atoms with E-state index < -0.39 is 0 Å². The molecule has 1 heterocycles. The van der Waals surface area contributed by atoms with E-state index in [-0.39, 0.29) is 30.3 Å². The van der Waals surface area contributed by atoms with Crippen molar-refractivity contribution in [1.82, 2.24) is 0 Å². The number of hydrogen-bond acceptors (Lipinski definition) is 3. The van der Waals surface area contributed by atoms with Crippen molar-refractivity contribution in [3.63, 3.8) is 0 Å². The van der Waals surface area contributed by atoms with Crippen LogP contribution >= 0.6 is 0 Å². The molecule has 4 saturated carbocycles. The van der Waals surface area contributed by atoms with E-state index in [0.29, 0.717) is 5.41 Å². The molecule has 1 N–H and O–H groups in total. The average molecular weight is 360 g/mol. The minimum absolute atomic E-state index is 0.0420. The van der Waals surface area contributed by atoms with Crippen LogP contribution in [0.25, 0.3) is 0 Å². The van der Waals surface area contributed by atoms with Gasteiger partial charge in [0.05, 0.1) is 17.8 Å². The van der Waals surface area contributed by atoms with E-state index in [4.69, 9.17) is 9.31 Å². The summed E-state index contributed by atoms with van der Waals surface area (Å²) in [5.74, 6) is 3.26. The van der Waals surface area contributed by atoms with Crippen molar-refractivity contribution < 1.29 is 14.4 Å². The first kappa shape index (κ1) is 18.0. The van der Waals surface area contributed by atoms with Crippen LogP contribution in [0.1, 0.15) is 78.6 Å². The number of aliphatic hydroxyl groups excluding tert-OH is 1. The van der Waals surface area contributed by atoms with Crippen molar-refractivity contribution in [3.05, 3.63) is 0 Å². The zero-order chi connectivity index (χ0) is 18.3. The molecule has 1 spiro atoms. The normalized spacial score (nSPS) is 59.2. The lowest BCUT2D eigenvalue weighted by Crippen LogP contribution is -2.58. The Morgan fingerprint density at radius 2 is 1.73 bits per heavy atom. The molecular formula is C22H37BO3. The maximum absolute atomic E-state index is 10.2. The standard InChI is InChI=1S/C22H37BO3/c1-14-22(26-23(4)25-14)12-9-19-17-6-5-15-13-16(24)7-10-20(15,2)18(17)8-11-21(19,22)3/h14-19,24H,5-13H2,1-4H3/t14-,15-,16-,17?,18?,19?,20?,21?,22-/m0/s1. The third kappa shape index (κ3) is 2.13. The summed E-state index contributed by atoms with van der Waals surface area (Å²) in [7, 11) is -0.0496. The van der Waals surface area contributed by atoms with E-state index in [0.717, 1.165) is 36.5 Å². The minimum atomic E-state index is -0.0530. The first-order valence-electron chi connectivity index (χ1n) is 11.3. The first-order valence-corrected chi connectivity index (χ1v) is 11.3. The summed E-state index contributed by atoms with van der Waals surface area (Å²) in [4.78, 5) is 0. The Kier molecular flexibility index (Phi) is 3.97. The molecule has 0 aromatic rings.